The smallest absolute Gasteiger partial charge is 0.238 e. The number of carbonyl (C=O) groups is 1. The van der Waals surface area contributed by atoms with Crippen molar-refractivity contribution in [1.82, 2.24) is 5.32 Å². The monoisotopic (exact) mass is 264 g/mol. The molecule has 4 nitrogen and oxygen atoms in total. The molecule has 1 aromatic carbocycles. The highest BCUT2D eigenvalue weighted by atomic mass is 16.3. The van der Waals surface area contributed by atoms with Crippen molar-refractivity contribution in [1.29, 1.82) is 0 Å². The lowest BCUT2D eigenvalue weighted by molar-refractivity contribution is -0.115. The number of aliphatic hydroxyl groups excluding tert-OH is 1. The van der Waals surface area contributed by atoms with Crippen molar-refractivity contribution in [2.75, 3.05) is 25.0 Å². The minimum Gasteiger partial charge on any atom is -0.396 e. The van der Waals surface area contributed by atoms with Crippen LogP contribution in [0.5, 0.6) is 0 Å². The zero-order chi connectivity index (χ0) is 14.1. The van der Waals surface area contributed by atoms with Crippen molar-refractivity contribution >= 4 is 11.6 Å². The van der Waals surface area contributed by atoms with Gasteiger partial charge in [-0.1, -0.05) is 25.1 Å². The Balaban J connectivity index is 2.17. The summed E-state index contributed by atoms with van der Waals surface area (Å²) in [5.41, 5.74) is 1.93. The average Bonchev–Trinajstić information content (AvgIpc) is 2.40. The molecule has 0 radical (unpaired) electrons. The summed E-state index contributed by atoms with van der Waals surface area (Å²) in [4.78, 5) is 11.7. The summed E-state index contributed by atoms with van der Waals surface area (Å²) >= 11 is 0. The summed E-state index contributed by atoms with van der Waals surface area (Å²) in [7, 11) is 0. The predicted octanol–water partition coefficient (Wildman–Crippen LogP) is 1.93. The van der Waals surface area contributed by atoms with E-state index in [-0.39, 0.29) is 12.5 Å². The fraction of sp³-hybridized carbons (Fsp3) is 0.533. The molecule has 0 bridgehead atoms. The third-order valence-corrected chi connectivity index (χ3v) is 3.07. The normalized spacial score (nSPS) is 12.2. The largest absolute Gasteiger partial charge is 0.396 e. The fourth-order valence-electron chi connectivity index (χ4n) is 1.78. The Labute approximate surface area is 115 Å². The van der Waals surface area contributed by atoms with E-state index < -0.39 is 0 Å². The van der Waals surface area contributed by atoms with Gasteiger partial charge in [-0.15, -0.1) is 0 Å². The van der Waals surface area contributed by atoms with Crippen LogP contribution in [-0.2, 0) is 4.79 Å². The van der Waals surface area contributed by atoms with Crippen LogP contribution in [0.2, 0.25) is 0 Å². The van der Waals surface area contributed by atoms with Crippen molar-refractivity contribution in [3.63, 3.8) is 0 Å². The molecule has 0 spiro atoms. The zero-order valence-electron chi connectivity index (χ0n) is 11.8. The van der Waals surface area contributed by atoms with Crippen LogP contribution in [-0.4, -0.2) is 30.7 Å². The Morgan fingerprint density at radius 3 is 2.79 bits per heavy atom. The fourth-order valence-corrected chi connectivity index (χ4v) is 1.78. The maximum Gasteiger partial charge on any atom is 0.238 e. The Morgan fingerprint density at radius 2 is 2.11 bits per heavy atom. The second kappa shape index (κ2) is 8.67. The molecule has 0 aromatic heterocycles. The molecule has 0 heterocycles. The molecule has 0 aliphatic carbocycles. The van der Waals surface area contributed by atoms with Crippen LogP contribution in [0.1, 0.15) is 25.3 Å². The molecular formula is C15H24N2O2. The van der Waals surface area contributed by atoms with Gasteiger partial charge in [-0.3, -0.25) is 4.79 Å². The van der Waals surface area contributed by atoms with E-state index in [4.69, 9.17) is 5.11 Å². The van der Waals surface area contributed by atoms with Gasteiger partial charge in [0.25, 0.3) is 0 Å². The molecule has 4 heteroatoms. The van der Waals surface area contributed by atoms with Crippen LogP contribution >= 0.6 is 0 Å². The van der Waals surface area contributed by atoms with Crippen LogP contribution in [0, 0.1) is 12.8 Å². The highest BCUT2D eigenvalue weighted by molar-refractivity contribution is 5.92. The van der Waals surface area contributed by atoms with Crippen molar-refractivity contribution < 1.29 is 9.90 Å². The summed E-state index contributed by atoms with van der Waals surface area (Å²) in [5, 5.41) is 14.9. The van der Waals surface area contributed by atoms with Gasteiger partial charge < -0.3 is 15.7 Å². The molecule has 1 aromatic rings. The van der Waals surface area contributed by atoms with Crippen molar-refractivity contribution in [3.05, 3.63) is 29.8 Å². The molecule has 0 saturated heterocycles. The van der Waals surface area contributed by atoms with Crippen LogP contribution in [0.3, 0.4) is 0 Å². The van der Waals surface area contributed by atoms with Gasteiger partial charge in [-0.05, 0) is 43.9 Å². The van der Waals surface area contributed by atoms with Crippen molar-refractivity contribution in [2.24, 2.45) is 5.92 Å². The summed E-state index contributed by atoms with van der Waals surface area (Å²) < 4.78 is 0. The molecule has 1 unspecified atom stereocenters. The topological polar surface area (TPSA) is 61.4 Å². The van der Waals surface area contributed by atoms with Gasteiger partial charge >= 0.3 is 0 Å². The van der Waals surface area contributed by atoms with Crippen LogP contribution < -0.4 is 10.6 Å². The van der Waals surface area contributed by atoms with Crippen molar-refractivity contribution in [2.45, 2.75) is 26.7 Å². The molecular weight excluding hydrogens is 240 g/mol. The number of hydrogen-bond donors (Lipinski definition) is 3. The maximum absolute atomic E-state index is 11.7. The lowest BCUT2D eigenvalue weighted by Crippen LogP contribution is -2.29. The van der Waals surface area contributed by atoms with E-state index in [9.17, 15) is 4.79 Å². The number of para-hydroxylation sites is 1. The number of hydrogen-bond acceptors (Lipinski definition) is 3. The van der Waals surface area contributed by atoms with E-state index in [0.29, 0.717) is 12.5 Å². The first-order valence-electron chi connectivity index (χ1n) is 6.80. The van der Waals surface area contributed by atoms with Gasteiger partial charge in [-0.25, -0.2) is 0 Å². The van der Waals surface area contributed by atoms with Gasteiger partial charge in [-0.2, -0.15) is 0 Å². The Bertz CT molecular complexity index is 393. The molecule has 3 N–H and O–H groups in total. The van der Waals surface area contributed by atoms with E-state index >= 15 is 0 Å². The number of anilines is 1. The maximum atomic E-state index is 11.7. The average molecular weight is 264 g/mol. The lowest BCUT2D eigenvalue weighted by Gasteiger charge is -2.10. The summed E-state index contributed by atoms with van der Waals surface area (Å²) in [6.07, 6.45) is 1.95. The van der Waals surface area contributed by atoms with Gasteiger partial charge in [0.2, 0.25) is 5.91 Å². The molecule has 0 fully saturated rings. The second-order valence-corrected chi connectivity index (χ2v) is 4.97. The van der Waals surface area contributed by atoms with Crippen molar-refractivity contribution in [3.8, 4) is 0 Å². The SMILES string of the molecule is Cc1ccccc1NC(=O)CNCCCC(C)CO. The standard InChI is InChI=1S/C15H24N2O2/c1-12(11-18)6-5-9-16-10-15(19)17-14-8-4-3-7-13(14)2/h3-4,7-8,12,16,18H,5-6,9-11H2,1-2H3,(H,17,19). The first-order valence-corrected chi connectivity index (χ1v) is 6.80. The van der Waals surface area contributed by atoms with E-state index in [2.05, 4.69) is 10.6 Å². The Morgan fingerprint density at radius 1 is 1.37 bits per heavy atom. The van der Waals surface area contributed by atoms with Gasteiger partial charge in [0.15, 0.2) is 0 Å². The van der Waals surface area contributed by atoms with Crippen LogP contribution in [0.25, 0.3) is 0 Å². The number of amides is 1. The molecule has 0 aliphatic heterocycles. The first-order chi connectivity index (χ1) is 9.13. The third-order valence-electron chi connectivity index (χ3n) is 3.07. The minimum atomic E-state index is -0.0236. The summed E-state index contributed by atoms with van der Waals surface area (Å²) in [6, 6.07) is 7.73. The molecule has 19 heavy (non-hydrogen) atoms. The Hall–Kier alpha value is -1.39. The molecule has 106 valence electrons. The number of nitrogens with one attached hydrogen (secondary N) is 2. The Kier molecular flexibility index (Phi) is 7.15. The van der Waals surface area contributed by atoms with Crippen LogP contribution in [0.15, 0.2) is 24.3 Å². The minimum absolute atomic E-state index is 0.0236. The van der Waals surface area contributed by atoms with Crippen LogP contribution in [0.4, 0.5) is 5.69 Å². The highest BCUT2D eigenvalue weighted by Gasteiger charge is 2.04. The third kappa shape index (κ3) is 6.36. The van der Waals surface area contributed by atoms with Gasteiger partial charge in [0.1, 0.15) is 0 Å². The number of rotatable bonds is 8. The highest BCUT2D eigenvalue weighted by Crippen LogP contribution is 2.12. The molecule has 1 amide bonds. The number of aryl methyl sites for hydroxylation is 1. The predicted molar refractivity (Wildman–Crippen MR) is 78.2 cm³/mol. The summed E-state index contributed by atoms with van der Waals surface area (Å²) in [5.74, 6) is 0.312. The van der Waals surface area contributed by atoms with Gasteiger partial charge in [0, 0.05) is 12.3 Å². The summed E-state index contributed by atoms with van der Waals surface area (Å²) in [6.45, 7) is 5.34. The van der Waals surface area contributed by atoms with E-state index in [1.807, 2.05) is 38.1 Å². The van der Waals surface area contributed by atoms with Gasteiger partial charge in [0.05, 0.1) is 6.54 Å². The quantitative estimate of drug-likeness (QED) is 0.629. The molecule has 0 saturated carbocycles. The lowest BCUT2D eigenvalue weighted by atomic mass is 10.1. The molecule has 1 atom stereocenters. The number of carbonyl (C=O) groups excluding carboxylic acids is 1. The van der Waals surface area contributed by atoms with E-state index in [0.717, 1.165) is 30.6 Å². The number of benzene rings is 1. The molecule has 1 rings (SSSR count). The van der Waals surface area contributed by atoms with E-state index in [1.165, 1.54) is 0 Å². The second-order valence-electron chi connectivity index (χ2n) is 4.97. The number of aliphatic hydroxyl groups is 1. The zero-order valence-corrected chi connectivity index (χ0v) is 11.8. The molecule has 0 aliphatic rings. The first kappa shape index (κ1) is 15.7. The van der Waals surface area contributed by atoms with E-state index in [1.54, 1.807) is 0 Å².